The minimum Gasteiger partial charge on any atom is -0.497 e. The van der Waals surface area contributed by atoms with Crippen molar-refractivity contribution in [2.45, 2.75) is 0 Å². The molecular formula is C20H25Cl2N3O2. The normalized spacial score (nSPS) is 10.8. The first-order chi connectivity index (χ1) is 12.8. The molecule has 0 spiro atoms. The van der Waals surface area contributed by atoms with E-state index in [0.29, 0.717) is 16.6 Å². The number of rotatable bonds is 8. The second-order valence-corrected chi connectivity index (χ2v) is 7.31. The molecule has 0 bridgehead atoms. The smallest absolute Gasteiger partial charge is 0.246 e. The van der Waals surface area contributed by atoms with E-state index < -0.39 is 0 Å². The minimum absolute atomic E-state index is 0.0463. The van der Waals surface area contributed by atoms with Gasteiger partial charge in [0.05, 0.1) is 24.4 Å². The number of likely N-dealkylation sites (N-methyl/N-ethyl adjacent to an activating group) is 2. The molecule has 146 valence electrons. The van der Waals surface area contributed by atoms with Gasteiger partial charge in [0, 0.05) is 30.8 Å². The first kappa shape index (κ1) is 21.4. The first-order valence-electron chi connectivity index (χ1n) is 8.57. The maximum Gasteiger partial charge on any atom is 0.246 e. The summed E-state index contributed by atoms with van der Waals surface area (Å²) in [6.07, 6.45) is 0. The third-order valence-corrected chi connectivity index (χ3v) is 4.78. The zero-order valence-corrected chi connectivity index (χ0v) is 17.6. The standard InChI is InChI=1S/C20H25Cl2N3O2/c1-23(2)11-12-25(19-13-15(21)5-10-18(19)22)14-20(26)24(3)16-6-8-17(27-4)9-7-16/h5-10,13H,11-12,14H2,1-4H3. The number of carbonyl (C=O) groups excluding carboxylic acids is 1. The Balaban J connectivity index is 2.19. The lowest BCUT2D eigenvalue weighted by molar-refractivity contribution is -0.117. The molecule has 1 amide bonds. The van der Waals surface area contributed by atoms with Crippen molar-refractivity contribution in [2.24, 2.45) is 0 Å². The Kier molecular flexibility index (Phi) is 7.78. The minimum atomic E-state index is -0.0463. The van der Waals surface area contributed by atoms with Gasteiger partial charge in [0.1, 0.15) is 5.75 Å². The molecule has 0 unspecified atom stereocenters. The number of hydrogen-bond acceptors (Lipinski definition) is 4. The van der Waals surface area contributed by atoms with Crippen molar-refractivity contribution in [3.63, 3.8) is 0 Å². The second kappa shape index (κ2) is 9.83. The molecule has 5 nitrogen and oxygen atoms in total. The summed E-state index contributed by atoms with van der Waals surface area (Å²) in [5.74, 6) is 0.702. The highest BCUT2D eigenvalue weighted by atomic mass is 35.5. The highest BCUT2D eigenvalue weighted by molar-refractivity contribution is 6.35. The molecule has 2 aromatic rings. The van der Waals surface area contributed by atoms with Crippen LogP contribution in [0.15, 0.2) is 42.5 Å². The maximum atomic E-state index is 12.9. The van der Waals surface area contributed by atoms with Gasteiger partial charge in [0.15, 0.2) is 0 Å². The fourth-order valence-corrected chi connectivity index (χ4v) is 2.96. The summed E-state index contributed by atoms with van der Waals surface area (Å²) in [4.78, 5) is 18.5. The van der Waals surface area contributed by atoms with Crippen molar-refractivity contribution in [3.8, 4) is 5.75 Å². The van der Waals surface area contributed by atoms with Crippen LogP contribution in [0.5, 0.6) is 5.75 Å². The Labute approximate surface area is 171 Å². The summed E-state index contributed by atoms with van der Waals surface area (Å²) in [6.45, 7) is 1.62. The Bertz CT molecular complexity index is 766. The zero-order valence-electron chi connectivity index (χ0n) is 16.1. The largest absolute Gasteiger partial charge is 0.497 e. The number of ether oxygens (including phenoxy) is 1. The van der Waals surface area contributed by atoms with Crippen LogP contribution in [0.4, 0.5) is 11.4 Å². The predicted octanol–water partition coefficient (Wildman–Crippen LogP) is 4.03. The monoisotopic (exact) mass is 409 g/mol. The van der Waals surface area contributed by atoms with E-state index in [1.165, 1.54) is 0 Å². The van der Waals surface area contributed by atoms with Crippen LogP contribution in [-0.2, 0) is 4.79 Å². The first-order valence-corrected chi connectivity index (χ1v) is 9.32. The van der Waals surface area contributed by atoms with Crippen molar-refractivity contribution >= 4 is 40.5 Å². The molecule has 0 heterocycles. The molecular weight excluding hydrogens is 385 g/mol. The van der Waals surface area contributed by atoms with Crippen LogP contribution in [0.25, 0.3) is 0 Å². The Morgan fingerprint density at radius 1 is 1.00 bits per heavy atom. The number of hydrogen-bond donors (Lipinski definition) is 0. The second-order valence-electron chi connectivity index (χ2n) is 6.47. The average molecular weight is 410 g/mol. The number of benzene rings is 2. The van der Waals surface area contributed by atoms with E-state index in [0.717, 1.165) is 23.7 Å². The van der Waals surface area contributed by atoms with Crippen molar-refractivity contribution < 1.29 is 9.53 Å². The van der Waals surface area contributed by atoms with E-state index in [1.807, 2.05) is 43.3 Å². The van der Waals surface area contributed by atoms with E-state index in [1.54, 1.807) is 37.3 Å². The van der Waals surface area contributed by atoms with E-state index in [4.69, 9.17) is 27.9 Å². The summed E-state index contributed by atoms with van der Waals surface area (Å²) < 4.78 is 5.17. The predicted molar refractivity (Wildman–Crippen MR) is 114 cm³/mol. The number of halogens is 2. The van der Waals surface area contributed by atoms with Gasteiger partial charge in [-0.1, -0.05) is 23.2 Å². The van der Waals surface area contributed by atoms with Crippen molar-refractivity contribution in [2.75, 3.05) is 57.7 Å². The molecule has 0 atom stereocenters. The van der Waals surface area contributed by atoms with Crippen LogP contribution in [0.3, 0.4) is 0 Å². The van der Waals surface area contributed by atoms with Crippen LogP contribution in [0, 0.1) is 0 Å². The maximum absolute atomic E-state index is 12.9. The summed E-state index contributed by atoms with van der Waals surface area (Å²) in [5, 5.41) is 1.15. The van der Waals surface area contributed by atoms with Gasteiger partial charge < -0.3 is 19.4 Å². The van der Waals surface area contributed by atoms with E-state index in [2.05, 4.69) is 4.90 Å². The van der Waals surface area contributed by atoms with Crippen molar-refractivity contribution in [1.29, 1.82) is 0 Å². The number of carbonyl (C=O) groups is 1. The van der Waals surface area contributed by atoms with Gasteiger partial charge in [-0.15, -0.1) is 0 Å². The van der Waals surface area contributed by atoms with E-state index in [9.17, 15) is 4.79 Å². The molecule has 0 saturated carbocycles. The molecule has 27 heavy (non-hydrogen) atoms. The molecule has 0 saturated heterocycles. The lowest BCUT2D eigenvalue weighted by atomic mass is 10.2. The average Bonchev–Trinajstić information content (AvgIpc) is 2.66. The number of anilines is 2. The highest BCUT2D eigenvalue weighted by Crippen LogP contribution is 2.29. The van der Waals surface area contributed by atoms with Crippen LogP contribution >= 0.6 is 23.2 Å². The summed E-state index contributed by atoms with van der Waals surface area (Å²) in [6, 6.07) is 12.6. The van der Waals surface area contributed by atoms with E-state index >= 15 is 0 Å². The van der Waals surface area contributed by atoms with Gasteiger partial charge in [-0.25, -0.2) is 0 Å². The number of methoxy groups -OCH3 is 1. The van der Waals surface area contributed by atoms with Crippen LogP contribution < -0.4 is 14.5 Å². The molecule has 0 fully saturated rings. The fraction of sp³-hybridized carbons (Fsp3) is 0.350. The summed E-state index contributed by atoms with van der Waals surface area (Å²) in [7, 11) is 7.35. The van der Waals surface area contributed by atoms with E-state index in [-0.39, 0.29) is 12.5 Å². The lowest BCUT2D eigenvalue weighted by Crippen LogP contribution is -2.41. The third-order valence-electron chi connectivity index (χ3n) is 4.23. The van der Waals surface area contributed by atoms with Crippen molar-refractivity contribution in [3.05, 3.63) is 52.5 Å². The van der Waals surface area contributed by atoms with Gasteiger partial charge in [0.2, 0.25) is 5.91 Å². The molecule has 7 heteroatoms. The number of amides is 1. The molecule has 2 rings (SSSR count). The summed E-state index contributed by atoms with van der Waals surface area (Å²) >= 11 is 12.5. The Morgan fingerprint density at radius 3 is 2.26 bits per heavy atom. The summed E-state index contributed by atoms with van der Waals surface area (Å²) in [5.41, 5.74) is 1.55. The van der Waals surface area contributed by atoms with Crippen LogP contribution in [0.2, 0.25) is 10.0 Å². The zero-order chi connectivity index (χ0) is 20.0. The van der Waals surface area contributed by atoms with Crippen LogP contribution in [0.1, 0.15) is 0 Å². The lowest BCUT2D eigenvalue weighted by Gasteiger charge is -2.29. The molecule has 0 N–H and O–H groups in total. The third kappa shape index (κ3) is 6.03. The molecule has 0 aromatic heterocycles. The quantitative estimate of drug-likeness (QED) is 0.659. The number of nitrogens with zero attached hydrogens (tertiary/aromatic N) is 3. The molecule has 0 radical (unpaired) electrons. The molecule has 0 aliphatic rings. The van der Waals surface area contributed by atoms with Gasteiger partial charge in [-0.2, -0.15) is 0 Å². The fourth-order valence-electron chi connectivity index (χ4n) is 2.55. The van der Waals surface area contributed by atoms with Gasteiger partial charge in [0.25, 0.3) is 0 Å². The molecule has 2 aromatic carbocycles. The molecule has 0 aliphatic heterocycles. The van der Waals surface area contributed by atoms with Gasteiger partial charge in [-0.05, 0) is 56.6 Å². The Morgan fingerprint density at radius 2 is 1.67 bits per heavy atom. The highest BCUT2D eigenvalue weighted by Gasteiger charge is 2.19. The molecule has 0 aliphatic carbocycles. The Hall–Kier alpha value is -1.95. The topological polar surface area (TPSA) is 36.0 Å². The van der Waals surface area contributed by atoms with Gasteiger partial charge in [-0.3, -0.25) is 4.79 Å². The SMILES string of the molecule is COc1ccc(N(C)C(=O)CN(CCN(C)C)c2cc(Cl)ccc2Cl)cc1. The van der Waals surface area contributed by atoms with Crippen molar-refractivity contribution in [1.82, 2.24) is 4.90 Å². The van der Waals surface area contributed by atoms with Gasteiger partial charge >= 0.3 is 0 Å². The van der Waals surface area contributed by atoms with Crippen LogP contribution in [-0.4, -0.2) is 58.7 Å².